The maximum absolute atomic E-state index is 10.6. The van der Waals surface area contributed by atoms with E-state index in [4.69, 9.17) is 4.42 Å². The van der Waals surface area contributed by atoms with Gasteiger partial charge in [0.2, 0.25) is 0 Å². The number of aryl methyl sites for hydroxylation is 2. The van der Waals surface area contributed by atoms with E-state index in [-0.39, 0.29) is 0 Å². The number of hydrogen-bond acceptors (Lipinski definition) is 2. The van der Waals surface area contributed by atoms with Gasteiger partial charge in [-0.05, 0) is 42.7 Å². The molecule has 0 fully saturated rings. The number of benzene rings is 2. The van der Waals surface area contributed by atoms with Gasteiger partial charge in [-0.1, -0.05) is 42.5 Å². The summed E-state index contributed by atoms with van der Waals surface area (Å²) in [5.41, 5.74) is 3.15. The Morgan fingerprint density at radius 1 is 0.952 bits per heavy atom. The van der Waals surface area contributed by atoms with Crippen LogP contribution in [0, 0.1) is 20.8 Å². The minimum Gasteiger partial charge on any atom is -0.466 e. The number of aliphatic hydroxyl groups excluding tert-OH is 1. The number of rotatable bonds is 3. The largest absolute Gasteiger partial charge is 0.466 e. The van der Waals surface area contributed by atoms with Crippen LogP contribution in [0.15, 0.2) is 46.9 Å². The van der Waals surface area contributed by atoms with Crippen LogP contribution in [0.25, 0.3) is 10.8 Å². The number of aliphatic hydroxyl groups is 1. The van der Waals surface area contributed by atoms with Crippen LogP contribution in [0.3, 0.4) is 0 Å². The average molecular weight is 280 g/mol. The average Bonchev–Trinajstić information content (AvgIpc) is 2.72. The van der Waals surface area contributed by atoms with E-state index in [0.717, 1.165) is 22.6 Å². The van der Waals surface area contributed by atoms with Crippen LogP contribution >= 0.6 is 0 Å². The van der Waals surface area contributed by atoms with E-state index < -0.39 is 6.10 Å². The molecule has 108 valence electrons. The van der Waals surface area contributed by atoms with Gasteiger partial charge in [0.1, 0.15) is 11.5 Å². The second kappa shape index (κ2) is 5.38. The molecule has 0 aliphatic carbocycles. The van der Waals surface area contributed by atoms with E-state index >= 15 is 0 Å². The standard InChI is InChI=1S/C19H20O2/c1-12-13(2)21-14(3)19(12)18(20)11-16-9-6-8-15-7-4-5-10-17(15)16/h4-10,18,20H,11H2,1-3H3. The lowest BCUT2D eigenvalue weighted by molar-refractivity contribution is 0.176. The first kappa shape index (κ1) is 13.9. The maximum Gasteiger partial charge on any atom is 0.107 e. The van der Waals surface area contributed by atoms with Crippen LogP contribution in [0.2, 0.25) is 0 Å². The SMILES string of the molecule is Cc1oc(C)c(C(O)Cc2cccc3ccccc23)c1C. The predicted octanol–water partition coefficient (Wildman–Crippen LogP) is 4.63. The van der Waals surface area contributed by atoms with Crippen LogP contribution in [-0.2, 0) is 6.42 Å². The molecule has 3 aromatic rings. The van der Waals surface area contributed by atoms with Crippen molar-refractivity contribution in [3.63, 3.8) is 0 Å². The lowest BCUT2D eigenvalue weighted by Crippen LogP contribution is -2.04. The fourth-order valence-corrected chi connectivity index (χ4v) is 3.08. The summed E-state index contributed by atoms with van der Waals surface area (Å²) in [6, 6.07) is 14.5. The molecule has 1 heterocycles. The molecular formula is C19H20O2. The minimum atomic E-state index is -0.534. The highest BCUT2D eigenvalue weighted by Crippen LogP contribution is 2.31. The van der Waals surface area contributed by atoms with Crippen LogP contribution in [0.1, 0.15) is 34.3 Å². The van der Waals surface area contributed by atoms with Gasteiger partial charge in [-0.25, -0.2) is 0 Å². The van der Waals surface area contributed by atoms with Crippen molar-refractivity contribution in [1.29, 1.82) is 0 Å². The monoisotopic (exact) mass is 280 g/mol. The van der Waals surface area contributed by atoms with Crippen molar-refractivity contribution in [2.45, 2.75) is 33.3 Å². The van der Waals surface area contributed by atoms with Crippen molar-refractivity contribution < 1.29 is 9.52 Å². The molecule has 1 aromatic heterocycles. The van der Waals surface area contributed by atoms with Gasteiger partial charge in [-0.3, -0.25) is 0 Å². The highest BCUT2D eigenvalue weighted by molar-refractivity contribution is 5.85. The predicted molar refractivity (Wildman–Crippen MR) is 85.5 cm³/mol. The minimum absolute atomic E-state index is 0.534. The Balaban J connectivity index is 1.98. The smallest absolute Gasteiger partial charge is 0.107 e. The van der Waals surface area contributed by atoms with Crippen LogP contribution in [0.5, 0.6) is 0 Å². The third-order valence-electron chi connectivity index (χ3n) is 4.24. The lowest BCUT2D eigenvalue weighted by atomic mass is 9.95. The molecule has 0 bridgehead atoms. The number of fused-ring (bicyclic) bond motifs is 1. The molecule has 2 aromatic carbocycles. The van der Waals surface area contributed by atoms with E-state index in [2.05, 4.69) is 24.3 Å². The first-order chi connectivity index (χ1) is 10.1. The summed E-state index contributed by atoms with van der Waals surface area (Å²) < 4.78 is 5.63. The topological polar surface area (TPSA) is 33.4 Å². The summed E-state index contributed by atoms with van der Waals surface area (Å²) in [5, 5.41) is 13.1. The first-order valence-corrected chi connectivity index (χ1v) is 7.29. The molecule has 0 radical (unpaired) electrons. The molecule has 2 heteroatoms. The zero-order chi connectivity index (χ0) is 15.0. The van der Waals surface area contributed by atoms with Crippen LogP contribution in [0.4, 0.5) is 0 Å². The van der Waals surface area contributed by atoms with E-state index in [1.54, 1.807) is 0 Å². The molecular weight excluding hydrogens is 260 g/mol. The van der Waals surface area contributed by atoms with Gasteiger partial charge < -0.3 is 9.52 Å². The normalized spacial score (nSPS) is 12.8. The zero-order valence-electron chi connectivity index (χ0n) is 12.7. The van der Waals surface area contributed by atoms with Gasteiger partial charge >= 0.3 is 0 Å². The van der Waals surface area contributed by atoms with Gasteiger partial charge in [-0.15, -0.1) is 0 Å². The third kappa shape index (κ3) is 2.47. The molecule has 1 unspecified atom stereocenters. The summed E-state index contributed by atoms with van der Waals surface area (Å²) in [7, 11) is 0. The molecule has 1 N–H and O–H groups in total. The van der Waals surface area contributed by atoms with Crippen molar-refractivity contribution >= 4 is 10.8 Å². The fourth-order valence-electron chi connectivity index (χ4n) is 3.08. The van der Waals surface area contributed by atoms with E-state index in [1.165, 1.54) is 16.3 Å². The Morgan fingerprint density at radius 3 is 2.38 bits per heavy atom. The van der Waals surface area contributed by atoms with Gasteiger partial charge in [-0.2, -0.15) is 0 Å². The van der Waals surface area contributed by atoms with Gasteiger partial charge in [0, 0.05) is 12.0 Å². The third-order valence-corrected chi connectivity index (χ3v) is 4.24. The lowest BCUT2D eigenvalue weighted by Gasteiger charge is -2.13. The molecule has 0 saturated carbocycles. The van der Waals surface area contributed by atoms with Gasteiger partial charge in [0.05, 0.1) is 6.10 Å². The van der Waals surface area contributed by atoms with Crippen molar-refractivity contribution in [3.05, 3.63) is 70.7 Å². The molecule has 3 rings (SSSR count). The first-order valence-electron chi connectivity index (χ1n) is 7.29. The summed E-state index contributed by atoms with van der Waals surface area (Å²) in [4.78, 5) is 0. The highest BCUT2D eigenvalue weighted by atomic mass is 16.3. The quantitative estimate of drug-likeness (QED) is 0.758. The Hall–Kier alpha value is -2.06. The van der Waals surface area contributed by atoms with E-state index in [0.29, 0.717) is 6.42 Å². The Bertz CT molecular complexity index is 778. The summed E-state index contributed by atoms with van der Waals surface area (Å²) in [6.07, 6.45) is 0.0652. The molecule has 0 amide bonds. The van der Waals surface area contributed by atoms with Crippen LogP contribution in [-0.4, -0.2) is 5.11 Å². The Morgan fingerprint density at radius 2 is 1.67 bits per heavy atom. The molecule has 21 heavy (non-hydrogen) atoms. The zero-order valence-corrected chi connectivity index (χ0v) is 12.7. The van der Waals surface area contributed by atoms with Crippen molar-refractivity contribution in [1.82, 2.24) is 0 Å². The van der Waals surface area contributed by atoms with Crippen LogP contribution < -0.4 is 0 Å². The summed E-state index contributed by atoms with van der Waals surface area (Å²) >= 11 is 0. The molecule has 0 saturated heterocycles. The second-order valence-electron chi connectivity index (χ2n) is 5.61. The molecule has 1 atom stereocenters. The summed E-state index contributed by atoms with van der Waals surface area (Å²) in [6.45, 7) is 5.87. The van der Waals surface area contributed by atoms with Crippen molar-refractivity contribution in [3.8, 4) is 0 Å². The second-order valence-corrected chi connectivity index (χ2v) is 5.61. The van der Waals surface area contributed by atoms with E-state index in [9.17, 15) is 5.11 Å². The molecule has 0 aliphatic rings. The Kier molecular flexibility index (Phi) is 3.56. The molecule has 0 spiro atoms. The van der Waals surface area contributed by atoms with E-state index in [1.807, 2.05) is 39.0 Å². The van der Waals surface area contributed by atoms with Crippen molar-refractivity contribution in [2.24, 2.45) is 0 Å². The Labute approximate surface area is 125 Å². The summed E-state index contributed by atoms with van der Waals surface area (Å²) in [5.74, 6) is 1.71. The van der Waals surface area contributed by atoms with Crippen molar-refractivity contribution in [2.75, 3.05) is 0 Å². The highest BCUT2D eigenvalue weighted by Gasteiger charge is 2.19. The fraction of sp³-hybridized carbons (Fsp3) is 0.263. The number of hydrogen-bond donors (Lipinski definition) is 1. The maximum atomic E-state index is 10.6. The van der Waals surface area contributed by atoms with Gasteiger partial charge in [0.15, 0.2) is 0 Å². The van der Waals surface area contributed by atoms with Gasteiger partial charge in [0.25, 0.3) is 0 Å². The number of furan rings is 1. The molecule has 0 aliphatic heterocycles. The molecule has 2 nitrogen and oxygen atoms in total.